The fourth-order valence-corrected chi connectivity index (χ4v) is 5.05. The van der Waals surface area contributed by atoms with Crippen LogP contribution in [0.1, 0.15) is 41.6 Å². The van der Waals surface area contributed by atoms with Gasteiger partial charge in [0.25, 0.3) is 0 Å². The summed E-state index contributed by atoms with van der Waals surface area (Å²) < 4.78 is 11.9. The van der Waals surface area contributed by atoms with E-state index in [1.165, 1.54) is 11.3 Å². The monoisotopic (exact) mass is 504 g/mol. The highest BCUT2D eigenvalue weighted by molar-refractivity contribution is 7.85. The molecule has 4 rings (SSSR count). The molecule has 4 aromatic rings. The zero-order valence-electron chi connectivity index (χ0n) is 20.0. The summed E-state index contributed by atoms with van der Waals surface area (Å²) in [6, 6.07) is 25.7. The minimum Gasteiger partial charge on any atom is -0.302 e. The van der Waals surface area contributed by atoms with E-state index in [-0.39, 0.29) is 18.1 Å². The fourth-order valence-electron chi connectivity index (χ4n) is 3.31. The summed E-state index contributed by atoms with van der Waals surface area (Å²) in [5.74, 6) is 0.191. The van der Waals surface area contributed by atoms with E-state index < -0.39 is 10.8 Å². The van der Waals surface area contributed by atoms with Crippen LogP contribution in [-0.2, 0) is 22.0 Å². The van der Waals surface area contributed by atoms with Crippen molar-refractivity contribution in [3.8, 4) is 11.3 Å². The number of ketones is 1. The summed E-state index contributed by atoms with van der Waals surface area (Å²) in [7, 11) is -1.02. The number of hydrogen-bond donors (Lipinski definition) is 1. The average molecular weight is 505 g/mol. The number of carbonyl (C=O) groups excluding carboxylic acids is 2. The lowest BCUT2D eigenvalue weighted by atomic mass is 10.1. The van der Waals surface area contributed by atoms with Crippen molar-refractivity contribution in [2.24, 2.45) is 0 Å². The number of thiazole rings is 1. The van der Waals surface area contributed by atoms with Gasteiger partial charge in [-0.25, -0.2) is 4.98 Å². The van der Waals surface area contributed by atoms with Gasteiger partial charge in [0.2, 0.25) is 11.7 Å². The molecule has 1 heterocycles. The molecule has 0 aliphatic carbocycles. The number of nitrogens with one attached hydrogen (secondary N) is 1. The van der Waals surface area contributed by atoms with Crippen LogP contribution >= 0.6 is 11.3 Å². The van der Waals surface area contributed by atoms with Gasteiger partial charge in [0.05, 0.1) is 22.9 Å². The maximum Gasteiger partial charge on any atom is 0.230 e. The van der Waals surface area contributed by atoms with Crippen LogP contribution in [-0.4, -0.2) is 26.6 Å². The summed E-state index contributed by atoms with van der Waals surface area (Å²) in [5, 5.41) is 3.21. The van der Waals surface area contributed by atoms with Crippen LogP contribution < -0.4 is 5.32 Å². The third-order valence-electron chi connectivity index (χ3n) is 4.98. The lowest BCUT2D eigenvalue weighted by molar-refractivity contribution is -0.115. The molecule has 1 atom stereocenters. The number of rotatable bonds is 8. The van der Waals surface area contributed by atoms with Crippen molar-refractivity contribution in [1.29, 1.82) is 0 Å². The molecular weight excluding hydrogens is 476 g/mol. The van der Waals surface area contributed by atoms with Gasteiger partial charge < -0.3 is 5.32 Å². The van der Waals surface area contributed by atoms with Crippen molar-refractivity contribution in [3.05, 3.63) is 101 Å². The molecule has 0 spiro atoms. The van der Waals surface area contributed by atoms with Crippen molar-refractivity contribution in [2.45, 2.75) is 32.1 Å². The highest BCUT2D eigenvalue weighted by Crippen LogP contribution is 2.33. The summed E-state index contributed by atoms with van der Waals surface area (Å²) in [6.45, 7) is 5.87. The molecule has 180 valence electrons. The minimum atomic E-state index is -1.02. The van der Waals surface area contributed by atoms with Crippen LogP contribution in [0.4, 0.5) is 5.13 Å². The largest absolute Gasteiger partial charge is 0.302 e. The van der Waals surface area contributed by atoms with Gasteiger partial charge in [0.15, 0.2) is 5.13 Å². The number of carbonyl (C=O) groups is 2. The summed E-state index contributed by atoms with van der Waals surface area (Å²) in [5.41, 5.74) is 2.75. The molecule has 1 N–H and O–H groups in total. The quantitative estimate of drug-likeness (QED) is 0.283. The van der Waals surface area contributed by atoms with Crippen molar-refractivity contribution >= 4 is 39.0 Å². The molecule has 5 nitrogen and oxygen atoms in total. The zero-order valence-corrected chi connectivity index (χ0v) is 21.6. The first kappa shape index (κ1) is 26.2. The van der Waals surface area contributed by atoms with Gasteiger partial charge in [0, 0.05) is 21.8 Å². The molecule has 0 saturated carbocycles. The molecule has 7 heteroatoms. The van der Waals surface area contributed by atoms with E-state index >= 15 is 0 Å². The van der Waals surface area contributed by atoms with Crippen molar-refractivity contribution in [3.63, 3.8) is 0 Å². The standard InChI is InChI=1S/C26H22N2O3S2.C2H6/c1-2-33(31)21-15-13-18(14-16-21)17-22(29)27-26-28-23(19-9-5-3-6-10-19)25(32-26)24(30)20-11-7-4-8-12-20;1-2/h3-16H,2,17H2,1H3,(H,27,28,29);1-2H3. The maximum atomic E-state index is 13.2. The highest BCUT2D eigenvalue weighted by atomic mass is 32.2. The Hall–Kier alpha value is -3.42. The van der Waals surface area contributed by atoms with Crippen LogP contribution in [0.2, 0.25) is 0 Å². The number of benzene rings is 3. The van der Waals surface area contributed by atoms with E-state index in [1.54, 1.807) is 24.3 Å². The first-order chi connectivity index (χ1) is 17.0. The van der Waals surface area contributed by atoms with Gasteiger partial charge in [-0.15, -0.1) is 0 Å². The van der Waals surface area contributed by atoms with Crippen molar-refractivity contribution < 1.29 is 13.8 Å². The van der Waals surface area contributed by atoms with Gasteiger partial charge in [0.1, 0.15) is 4.88 Å². The smallest absolute Gasteiger partial charge is 0.230 e. The average Bonchev–Trinajstić information content (AvgIpc) is 3.34. The molecule has 0 radical (unpaired) electrons. The van der Waals surface area contributed by atoms with Crippen LogP contribution in [0.25, 0.3) is 11.3 Å². The minimum absolute atomic E-state index is 0.132. The first-order valence-corrected chi connectivity index (χ1v) is 13.6. The molecule has 0 bridgehead atoms. The second-order valence-electron chi connectivity index (χ2n) is 7.26. The molecule has 35 heavy (non-hydrogen) atoms. The highest BCUT2D eigenvalue weighted by Gasteiger charge is 2.21. The Labute approximate surface area is 212 Å². The molecule has 3 aromatic carbocycles. The Morgan fingerprint density at radius 3 is 2.09 bits per heavy atom. The first-order valence-electron chi connectivity index (χ1n) is 11.5. The molecule has 0 fully saturated rings. The molecular formula is C28H28N2O3S2. The van der Waals surface area contributed by atoms with E-state index in [2.05, 4.69) is 10.3 Å². The fraction of sp³-hybridized carbons (Fsp3) is 0.179. The van der Waals surface area contributed by atoms with Crippen molar-refractivity contribution in [1.82, 2.24) is 4.98 Å². The molecule has 1 unspecified atom stereocenters. The van der Waals surface area contributed by atoms with E-state index in [9.17, 15) is 13.8 Å². The molecule has 1 aromatic heterocycles. The van der Waals surface area contributed by atoms with Crippen molar-refractivity contribution in [2.75, 3.05) is 11.1 Å². The third-order valence-corrected chi connectivity index (χ3v) is 7.27. The summed E-state index contributed by atoms with van der Waals surface area (Å²) >= 11 is 1.17. The van der Waals surface area contributed by atoms with Gasteiger partial charge in [-0.3, -0.25) is 13.8 Å². The zero-order chi connectivity index (χ0) is 25.2. The second-order valence-corrected chi connectivity index (χ2v) is 10.00. The number of aromatic nitrogens is 1. The topological polar surface area (TPSA) is 76.1 Å². The Balaban J connectivity index is 0.00000167. The summed E-state index contributed by atoms with van der Waals surface area (Å²) in [6.07, 6.45) is 0.154. The predicted molar refractivity (Wildman–Crippen MR) is 144 cm³/mol. The third kappa shape index (κ3) is 6.81. The SMILES string of the molecule is CC.CCS(=O)c1ccc(CC(=O)Nc2nc(-c3ccccc3)c(C(=O)c3ccccc3)s2)cc1. The van der Waals surface area contributed by atoms with Crippen LogP contribution in [0, 0.1) is 0 Å². The Bertz CT molecular complexity index is 1290. The lowest BCUT2D eigenvalue weighted by Crippen LogP contribution is -2.14. The number of amides is 1. The maximum absolute atomic E-state index is 13.2. The van der Waals surface area contributed by atoms with Gasteiger partial charge in [-0.05, 0) is 17.7 Å². The summed E-state index contributed by atoms with van der Waals surface area (Å²) in [4.78, 5) is 31.7. The lowest BCUT2D eigenvalue weighted by Gasteiger charge is -2.04. The molecule has 0 aliphatic heterocycles. The predicted octanol–water partition coefficient (Wildman–Crippen LogP) is 6.38. The Kier molecular flexibility index (Phi) is 9.64. The van der Waals surface area contributed by atoms with E-state index in [0.717, 1.165) is 16.0 Å². The van der Waals surface area contributed by atoms with Gasteiger partial charge in [-0.1, -0.05) is 105 Å². The Morgan fingerprint density at radius 1 is 0.886 bits per heavy atom. The Morgan fingerprint density at radius 2 is 1.49 bits per heavy atom. The van der Waals surface area contributed by atoms with Gasteiger partial charge >= 0.3 is 0 Å². The number of anilines is 1. The van der Waals surface area contributed by atoms with E-state index in [1.807, 2.05) is 81.4 Å². The van der Waals surface area contributed by atoms with E-state index in [4.69, 9.17) is 0 Å². The van der Waals surface area contributed by atoms with Crippen LogP contribution in [0.5, 0.6) is 0 Å². The van der Waals surface area contributed by atoms with Crippen LogP contribution in [0.3, 0.4) is 0 Å². The number of nitrogens with zero attached hydrogens (tertiary/aromatic N) is 1. The normalized spacial score (nSPS) is 11.2. The molecule has 0 saturated heterocycles. The second kappa shape index (κ2) is 12.9. The van der Waals surface area contributed by atoms with Gasteiger partial charge in [-0.2, -0.15) is 0 Å². The molecule has 0 aliphatic rings. The number of hydrogen-bond acceptors (Lipinski definition) is 5. The molecule has 1 amide bonds. The van der Waals surface area contributed by atoms with Crippen LogP contribution in [0.15, 0.2) is 89.8 Å². The van der Waals surface area contributed by atoms with E-state index in [0.29, 0.717) is 27.0 Å².